The van der Waals surface area contributed by atoms with Gasteiger partial charge in [0.05, 0.1) is 51.0 Å². The maximum Gasteiger partial charge on any atom is 0.179 e. The highest BCUT2D eigenvalue weighted by atomic mass is 28.3. The Labute approximate surface area is 389 Å². The second kappa shape index (κ2) is 14.5. The first-order valence-corrected chi connectivity index (χ1v) is 23.0. The number of hydrogen-bond acceptors (Lipinski definition) is 1. The topological polar surface area (TPSA) is 23.0 Å². The molecule has 3 nitrogen and oxygen atoms in total. The van der Waals surface area contributed by atoms with Crippen LogP contribution in [0.5, 0.6) is 0 Å². The first kappa shape index (κ1) is 25.7. The van der Waals surface area contributed by atoms with Crippen LogP contribution in [0.1, 0.15) is 17.8 Å². The van der Waals surface area contributed by atoms with Crippen molar-refractivity contribution in [1.29, 1.82) is 0 Å². The molecule has 0 radical (unpaired) electrons. The summed E-state index contributed by atoms with van der Waals surface area (Å²) in [7, 11) is -4.73. The Balaban J connectivity index is 1.23. The van der Waals surface area contributed by atoms with Gasteiger partial charge >= 0.3 is 0 Å². The fourth-order valence-corrected chi connectivity index (χ4v) is 14.1. The molecule has 0 amide bonds. The van der Waals surface area contributed by atoms with Crippen LogP contribution < -0.4 is 20.7 Å². The van der Waals surface area contributed by atoms with Gasteiger partial charge in [-0.2, -0.15) is 0 Å². The molecule has 0 spiro atoms. The molecule has 10 aromatic carbocycles. The summed E-state index contributed by atoms with van der Waals surface area (Å²) in [6.07, 6.45) is 0. The highest BCUT2D eigenvalue weighted by Gasteiger charge is 2.42. The molecule has 4 heteroatoms. The minimum absolute atomic E-state index is 0.0701. The SMILES string of the molecule is [2H]c1c([2H])c([2H])c(-c2c([2H])c([2H])c([2H])c([Si](c3ccccc3)(c3ccccc3)c3c([2H])c([2H])c([2H])c(-n4c5ccccc5c5cc(-n6c7ccccc7c7ccccc76)c6oc7ccccc7c6c54)c3[2H])c2[2H])c([2H])c1[2H]. The predicted octanol–water partition coefficient (Wildman–Crippen LogP) is 12.8. The highest BCUT2D eigenvalue weighted by molar-refractivity contribution is 7.20. The van der Waals surface area contributed by atoms with Gasteiger partial charge in [0.1, 0.15) is 5.58 Å². The summed E-state index contributed by atoms with van der Waals surface area (Å²) >= 11 is 0. The van der Waals surface area contributed by atoms with E-state index in [0.717, 1.165) is 43.7 Å². The Morgan fingerprint density at radius 3 is 1.58 bits per heavy atom. The zero-order valence-corrected chi connectivity index (χ0v) is 34.9. The summed E-state index contributed by atoms with van der Waals surface area (Å²) in [5.41, 5.74) is 3.81. The van der Waals surface area contributed by atoms with Crippen LogP contribution in [0.4, 0.5) is 0 Å². The van der Waals surface area contributed by atoms with Crippen LogP contribution in [0.15, 0.2) is 247 Å². The Morgan fingerprint density at radius 1 is 0.406 bits per heavy atom. The number of benzene rings is 10. The van der Waals surface area contributed by atoms with Crippen molar-refractivity contribution in [2.24, 2.45) is 0 Å². The van der Waals surface area contributed by atoms with E-state index >= 15 is 0 Å². The Hall–Kier alpha value is -8.18. The fraction of sp³-hybridized carbons (Fsp3) is 0. The van der Waals surface area contributed by atoms with E-state index in [1.165, 1.54) is 0 Å². The zero-order chi connectivity index (χ0) is 53.5. The second-order valence-corrected chi connectivity index (χ2v) is 19.4. The lowest BCUT2D eigenvalue weighted by Gasteiger charge is -2.35. The van der Waals surface area contributed by atoms with Gasteiger partial charge in [-0.3, -0.25) is 0 Å². The third kappa shape index (κ3) is 5.33. The average Bonchev–Trinajstić information content (AvgIpc) is 4.25. The van der Waals surface area contributed by atoms with E-state index in [4.69, 9.17) is 11.3 Å². The molecule has 3 aromatic heterocycles. The van der Waals surface area contributed by atoms with Crippen LogP contribution >= 0.6 is 0 Å². The van der Waals surface area contributed by atoms with E-state index in [1.807, 2.05) is 72.8 Å². The van der Waals surface area contributed by atoms with Crippen molar-refractivity contribution in [2.45, 2.75) is 0 Å². The van der Waals surface area contributed by atoms with Crippen LogP contribution in [0.3, 0.4) is 0 Å². The van der Waals surface area contributed by atoms with E-state index in [2.05, 4.69) is 34.9 Å². The van der Waals surface area contributed by atoms with Gasteiger partial charge in [0.25, 0.3) is 0 Å². The number of fused-ring (bicyclic) bond motifs is 10. The molecule has 0 fully saturated rings. The van der Waals surface area contributed by atoms with Crippen molar-refractivity contribution in [1.82, 2.24) is 9.13 Å². The number of nitrogens with zero attached hydrogens (tertiary/aromatic N) is 2. The van der Waals surface area contributed by atoms with Crippen LogP contribution in [0.2, 0.25) is 0 Å². The minimum atomic E-state index is -4.73. The molecule has 0 bridgehead atoms. The van der Waals surface area contributed by atoms with E-state index in [9.17, 15) is 11.0 Å². The van der Waals surface area contributed by atoms with Gasteiger partial charge in [-0.1, -0.05) is 200 Å². The number of hydrogen-bond donors (Lipinski definition) is 0. The van der Waals surface area contributed by atoms with Crippen LogP contribution in [-0.4, -0.2) is 17.2 Å². The van der Waals surface area contributed by atoms with Crippen molar-refractivity contribution in [3.8, 4) is 22.5 Å². The minimum Gasteiger partial charge on any atom is -0.454 e. The Morgan fingerprint density at radius 2 is 0.922 bits per heavy atom. The lowest BCUT2D eigenvalue weighted by atomic mass is 10.1. The lowest BCUT2D eigenvalue weighted by molar-refractivity contribution is 0.666. The molecule has 3 heterocycles. The summed E-state index contributed by atoms with van der Waals surface area (Å²) in [5, 5.41) is 5.53. The zero-order valence-electron chi connectivity index (χ0n) is 46.9. The smallest absolute Gasteiger partial charge is 0.179 e. The predicted molar refractivity (Wildman–Crippen MR) is 271 cm³/mol. The molecule has 13 rings (SSSR count). The normalized spacial score (nSPS) is 14.9. The van der Waals surface area contributed by atoms with Crippen molar-refractivity contribution < 1.29 is 22.2 Å². The first-order chi connectivity index (χ1) is 37.2. The summed E-state index contributed by atoms with van der Waals surface area (Å²) in [6, 6.07) is 43.1. The number of para-hydroxylation sites is 4. The second-order valence-electron chi connectivity index (χ2n) is 15.8. The largest absolute Gasteiger partial charge is 0.454 e. The van der Waals surface area contributed by atoms with Gasteiger partial charge in [-0.05, 0) is 74.3 Å². The molecule has 13 aromatic rings. The number of aromatic nitrogens is 2. The van der Waals surface area contributed by atoms with Crippen molar-refractivity contribution >= 4 is 94.4 Å². The fourth-order valence-electron chi connectivity index (χ4n) is 9.81. The molecular weight excluding hydrogens is 793 g/mol. The number of rotatable bonds is 7. The lowest BCUT2D eigenvalue weighted by Crippen LogP contribution is -2.74. The van der Waals surface area contributed by atoms with Gasteiger partial charge in [0.15, 0.2) is 13.7 Å². The molecule has 0 saturated heterocycles. The van der Waals surface area contributed by atoms with Crippen LogP contribution in [0.25, 0.3) is 88.1 Å². The van der Waals surface area contributed by atoms with Crippen molar-refractivity contribution in [2.75, 3.05) is 0 Å². The number of furan rings is 1. The van der Waals surface area contributed by atoms with Gasteiger partial charge in [0, 0.05) is 32.6 Å². The molecule has 0 saturated carbocycles. The maximum atomic E-state index is 10.9. The van der Waals surface area contributed by atoms with Crippen LogP contribution in [-0.2, 0) is 0 Å². The molecule has 300 valence electrons. The Bertz CT molecular complexity index is 4560. The van der Waals surface area contributed by atoms with Crippen molar-refractivity contribution in [3.63, 3.8) is 0 Å². The molecule has 0 N–H and O–H groups in total. The third-order valence-electron chi connectivity index (χ3n) is 12.5. The summed E-state index contributed by atoms with van der Waals surface area (Å²) in [4.78, 5) is 0. The molecule has 0 aliphatic rings. The van der Waals surface area contributed by atoms with Crippen LogP contribution in [0, 0.1) is 0 Å². The van der Waals surface area contributed by atoms with Gasteiger partial charge in [0.2, 0.25) is 0 Å². The summed E-state index contributed by atoms with van der Waals surface area (Å²) in [6.45, 7) is 0. The molecular formula is C60H40N2OSi. The molecule has 64 heavy (non-hydrogen) atoms. The molecule has 0 unspecified atom stereocenters. The van der Waals surface area contributed by atoms with Gasteiger partial charge in [-0.15, -0.1) is 0 Å². The maximum absolute atomic E-state index is 10.9. The average molecular weight is 846 g/mol. The van der Waals surface area contributed by atoms with E-state index in [1.54, 1.807) is 65.2 Å². The highest BCUT2D eigenvalue weighted by Crippen LogP contribution is 2.45. The van der Waals surface area contributed by atoms with Crippen molar-refractivity contribution in [3.05, 3.63) is 242 Å². The van der Waals surface area contributed by atoms with E-state index in [-0.39, 0.29) is 22.1 Å². The molecule has 0 aliphatic carbocycles. The van der Waals surface area contributed by atoms with Gasteiger partial charge in [-0.25, -0.2) is 0 Å². The third-order valence-corrected chi connectivity index (χ3v) is 16.9. The quantitative estimate of drug-likeness (QED) is 0.116. The van der Waals surface area contributed by atoms with Gasteiger partial charge < -0.3 is 13.6 Å². The first-order valence-electron chi connectivity index (χ1n) is 27.5. The van der Waals surface area contributed by atoms with E-state index in [0.29, 0.717) is 38.0 Å². The standard InChI is InChI=1S/C60H40N2OSi/c1-4-20-41(21-5-1)42-22-18-28-46(38-42)64(44-24-6-2-7-25-44,45-26-8-3-9-27-45)47-29-19-23-43(39-47)61-53-34-14-12-32-50(53)52-40-56(60-58(59(52)61)51-33-13-17-37-57(51)63-60)62-54-35-15-10-30-48(54)49-31-11-16-36-55(49)62/h1-40H/i1D,4D,5D,18D,19D,20D,21D,22D,23D,28D,29D,38D,39D. The summed E-state index contributed by atoms with van der Waals surface area (Å²) in [5.74, 6) is 0. The molecule has 0 atom stereocenters. The van der Waals surface area contributed by atoms with E-state index < -0.39 is 91.7 Å². The summed E-state index contributed by atoms with van der Waals surface area (Å²) < 4.78 is 134. The monoisotopic (exact) mass is 845 g/mol. The molecule has 0 aliphatic heterocycles. The Kier molecular flexibility index (Phi) is 5.80.